The third-order valence-electron chi connectivity index (χ3n) is 4.06. The number of anilines is 1. The average molecular weight is 334 g/mol. The number of ether oxygens (including phenoxy) is 1. The summed E-state index contributed by atoms with van der Waals surface area (Å²) in [5.74, 6) is 1.84. The SMILES string of the molecule is CCOCCNC(=NC)NCc1ccc(N2CCN(C)CC2)nc1. The molecule has 7 nitrogen and oxygen atoms in total. The lowest BCUT2D eigenvalue weighted by molar-refractivity contribution is 0.152. The third-order valence-corrected chi connectivity index (χ3v) is 4.06. The Morgan fingerprint density at radius 1 is 1.25 bits per heavy atom. The zero-order valence-corrected chi connectivity index (χ0v) is 15.1. The van der Waals surface area contributed by atoms with Gasteiger partial charge in [0.1, 0.15) is 5.82 Å². The number of aliphatic imine (C=N–C) groups is 1. The summed E-state index contributed by atoms with van der Waals surface area (Å²) in [7, 11) is 3.93. The summed E-state index contributed by atoms with van der Waals surface area (Å²) in [6.07, 6.45) is 1.94. The van der Waals surface area contributed by atoms with Crippen molar-refractivity contribution >= 4 is 11.8 Å². The molecule has 0 atom stereocenters. The quantitative estimate of drug-likeness (QED) is 0.431. The molecule has 1 aromatic heterocycles. The van der Waals surface area contributed by atoms with Gasteiger partial charge in [0.2, 0.25) is 0 Å². The first-order valence-electron chi connectivity index (χ1n) is 8.63. The van der Waals surface area contributed by atoms with Gasteiger partial charge in [0.05, 0.1) is 6.61 Å². The molecule has 0 spiro atoms. The van der Waals surface area contributed by atoms with E-state index in [0.717, 1.165) is 56.7 Å². The highest BCUT2D eigenvalue weighted by Gasteiger charge is 2.14. The Kier molecular flexibility index (Phi) is 7.77. The van der Waals surface area contributed by atoms with Gasteiger partial charge in [-0.15, -0.1) is 0 Å². The topological polar surface area (TPSA) is 65.0 Å². The van der Waals surface area contributed by atoms with Crippen LogP contribution in [0.25, 0.3) is 0 Å². The van der Waals surface area contributed by atoms with Gasteiger partial charge in [-0.05, 0) is 25.6 Å². The van der Waals surface area contributed by atoms with Crippen LogP contribution in [0.15, 0.2) is 23.3 Å². The lowest BCUT2D eigenvalue weighted by Crippen LogP contribution is -2.44. The van der Waals surface area contributed by atoms with E-state index in [1.54, 1.807) is 7.05 Å². The molecule has 134 valence electrons. The zero-order chi connectivity index (χ0) is 17.2. The summed E-state index contributed by atoms with van der Waals surface area (Å²) in [4.78, 5) is 13.5. The fourth-order valence-corrected chi connectivity index (χ4v) is 2.54. The van der Waals surface area contributed by atoms with Crippen molar-refractivity contribution in [3.05, 3.63) is 23.9 Å². The van der Waals surface area contributed by atoms with E-state index < -0.39 is 0 Å². The Hall–Kier alpha value is -1.86. The van der Waals surface area contributed by atoms with Crippen LogP contribution in [0.4, 0.5) is 5.82 Å². The van der Waals surface area contributed by atoms with Crippen molar-refractivity contribution in [1.29, 1.82) is 0 Å². The molecule has 1 aliphatic heterocycles. The van der Waals surface area contributed by atoms with Crippen LogP contribution in [0, 0.1) is 0 Å². The largest absolute Gasteiger partial charge is 0.380 e. The molecule has 2 rings (SSSR count). The van der Waals surface area contributed by atoms with E-state index in [2.05, 4.69) is 49.6 Å². The number of likely N-dealkylation sites (N-methyl/N-ethyl adjacent to an activating group) is 1. The molecule has 1 aliphatic rings. The van der Waals surface area contributed by atoms with Crippen LogP contribution in [-0.2, 0) is 11.3 Å². The van der Waals surface area contributed by atoms with Crippen molar-refractivity contribution in [3.8, 4) is 0 Å². The highest BCUT2D eigenvalue weighted by atomic mass is 16.5. The second-order valence-corrected chi connectivity index (χ2v) is 5.86. The molecule has 0 amide bonds. The minimum atomic E-state index is 0.679. The fourth-order valence-electron chi connectivity index (χ4n) is 2.54. The molecule has 0 saturated carbocycles. The van der Waals surface area contributed by atoms with Crippen LogP contribution in [0.1, 0.15) is 12.5 Å². The minimum Gasteiger partial charge on any atom is -0.380 e. The van der Waals surface area contributed by atoms with Crippen molar-refractivity contribution in [3.63, 3.8) is 0 Å². The van der Waals surface area contributed by atoms with Crippen molar-refractivity contribution in [1.82, 2.24) is 20.5 Å². The highest BCUT2D eigenvalue weighted by molar-refractivity contribution is 5.79. The monoisotopic (exact) mass is 334 g/mol. The van der Waals surface area contributed by atoms with Crippen molar-refractivity contribution < 1.29 is 4.74 Å². The number of aromatic nitrogens is 1. The molecule has 0 aliphatic carbocycles. The van der Waals surface area contributed by atoms with Gasteiger partial charge in [-0.1, -0.05) is 6.07 Å². The number of hydrogen-bond donors (Lipinski definition) is 2. The molecule has 2 heterocycles. The van der Waals surface area contributed by atoms with Gasteiger partial charge in [-0.2, -0.15) is 0 Å². The van der Waals surface area contributed by atoms with Gasteiger partial charge in [0, 0.05) is 59.1 Å². The second-order valence-electron chi connectivity index (χ2n) is 5.86. The third kappa shape index (κ3) is 5.98. The number of nitrogens with zero attached hydrogens (tertiary/aromatic N) is 4. The normalized spacial score (nSPS) is 16.3. The molecular formula is C17H30N6O. The van der Waals surface area contributed by atoms with E-state index in [-0.39, 0.29) is 0 Å². The van der Waals surface area contributed by atoms with Crippen LogP contribution in [-0.4, -0.2) is 75.9 Å². The summed E-state index contributed by atoms with van der Waals surface area (Å²) < 4.78 is 5.31. The first-order valence-corrected chi connectivity index (χ1v) is 8.63. The first kappa shape index (κ1) is 18.5. The number of nitrogens with one attached hydrogen (secondary N) is 2. The number of piperazine rings is 1. The molecule has 2 N–H and O–H groups in total. The summed E-state index contributed by atoms with van der Waals surface area (Å²) in [6, 6.07) is 4.23. The molecule has 0 aromatic carbocycles. The number of rotatable bonds is 7. The van der Waals surface area contributed by atoms with Crippen molar-refractivity contribution in [2.24, 2.45) is 4.99 Å². The zero-order valence-electron chi connectivity index (χ0n) is 15.1. The Morgan fingerprint density at radius 2 is 2.04 bits per heavy atom. The molecule has 7 heteroatoms. The summed E-state index contributed by atoms with van der Waals surface area (Å²) in [6.45, 7) is 9.11. The second kappa shape index (κ2) is 10.1. The number of hydrogen-bond acceptors (Lipinski definition) is 5. The predicted octanol–water partition coefficient (Wildman–Crippen LogP) is 0.535. The Labute approximate surface area is 145 Å². The maximum absolute atomic E-state index is 5.31. The van der Waals surface area contributed by atoms with Crippen molar-refractivity contribution in [2.75, 3.05) is 64.9 Å². The van der Waals surface area contributed by atoms with E-state index in [9.17, 15) is 0 Å². The van der Waals surface area contributed by atoms with E-state index >= 15 is 0 Å². The predicted molar refractivity (Wildman–Crippen MR) is 98.6 cm³/mol. The van der Waals surface area contributed by atoms with Gasteiger partial charge < -0.3 is 25.2 Å². The maximum Gasteiger partial charge on any atom is 0.191 e. The first-order chi connectivity index (χ1) is 11.7. The van der Waals surface area contributed by atoms with E-state index in [1.807, 2.05) is 13.1 Å². The summed E-state index contributed by atoms with van der Waals surface area (Å²) >= 11 is 0. The van der Waals surface area contributed by atoms with Crippen LogP contribution in [0.2, 0.25) is 0 Å². The van der Waals surface area contributed by atoms with E-state index in [4.69, 9.17) is 4.74 Å². The summed E-state index contributed by atoms with van der Waals surface area (Å²) in [5.41, 5.74) is 1.14. The van der Waals surface area contributed by atoms with Gasteiger partial charge in [0.25, 0.3) is 0 Å². The van der Waals surface area contributed by atoms with Crippen LogP contribution in [0.3, 0.4) is 0 Å². The lowest BCUT2D eigenvalue weighted by Gasteiger charge is -2.33. The molecule has 1 aromatic rings. The smallest absolute Gasteiger partial charge is 0.191 e. The lowest BCUT2D eigenvalue weighted by atomic mass is 10.2. The Balaban J connectivity index is 1.76. The van der Waals surface area contributed by atoms with Crippen LogP contribution >= 0.6 is 0 Å². The molecular weight excluding hydrogens is 304 g/mol. The minimum absolute atomic E-state index is 0.679. The Bertz CT molecular complexity index is 496. The molecule has 0 radical (unpaired) electrons. The molecule has 0 bridgehead atoms. The fraction of sp³-hybridized carbons (Fsp3) is 0.647. The highest BCUT2D eigenvalue weighted by Crippen LogP contribution is 2.13. The van der Waals surface area contributed by atoms with E-state index in [1.165, 1.54) is 0 Å². The van der Waals surface area contributed by atoms with Crippen LogP contribution in [0.5, 0.6) is 0 Å². The van der Waals surface area contributed by atoms with Crippen LogP contribution < -0.4 is 15.5 Å². The standard InChI is InChI=1S/C17H30N6O/c1-4-24-12-7-19-17(18-2)21-14-15-5-6-16(20-13-15)23-10-8-22(3)9-11-23/h5-6,13H,4,7-12,14H2,1-3H3,(H2,18,19,21). The molecule has 24 heavy (non-hydrogen) atoms. The van der Waals surface area contributed by atoms with Crippen molar-refractivity contribution in [2.45, 2.75) is 13.5 Å². The van der Waals surface area contributed by atoms with E-state index in [0.29, 0.717) is 13.2 Å². The molecule has 1 fully saturated rings. The molecule has 0 unspecified atom stereocenters. The van der Waals surface area contributed by atoms with Gasteiger partial charge in [-0.25, -0.2) is 4.98 Å². The summed E-state index contributed by atoms with van der Waals surface area (Å²) in [5, 5.41) is 6.51. The average Bonchev–Trinajstić information content (AvgIpc) is 2.62. The Morgan fingerprint density at radius 3 is 2.67 bits per heavy atom. The maximum atomic E-state index is 5.31. The molecule has 1 saturated heterocycles. The number of pyridine rings is 1. The number of guanidine groups is 1. The van der Waals surface area contributed by atoms with Gasteiger partial charge in [-0.3, -0.25) is 4.99 Å². The van der Waals surface area contributed by atoms with Gasteiger partial charge in [0.15, 0.2) is 5.96 Å². The van der Waals surface area contributed by atoms with Gasteiger partial charge >= 0.3 is 0 Å².